The predicted octanol–water partition coefficient (Wildman–Crippen LogP) is 5.71. The number of carbonyl (C=O) groups excluding carboxylic acids is 1. The number of aliphatic hydroxyl groups is 1. The van der Waals surface area contributed by atoms with Crippen LogP contribution in [0.25, 0.3) is 11.0 Å². The Labute approximate surface area is 196 Å². The van der Waals surface area contributed by atoms with Crippen molar-refractivity contribution in [2.45, 2.75) is 38.5 Å². The summed E-state index contributed by atoms with van der Waals surface area (Å²) in [5.41, 5.74) is 2.37. The lowest BCUT2D eigenvalue weighted by molar-refractivity contribution is -0.0533. The first-order valence-corrected chi connectivity index (χ1v) is 11.1. The van der Waals surface area contributed by atoms with Gasteiger partial charge >= 0.3 is 0 Å². The van der Waals surface area contributed by atoms with Crippen LogP contribution in [0.2, 0.25) is 5.02 Å². The van der Waals surface area contributed by atoms with Crippen molar-refractivity contribution in [1.29, 1.82) is 0 Å². The van der Waals surface area contributed by atoms with Gasteiger partial charge < -0.3 is 19.7 Å². The monoisotopic (exact) mass is 462 g/mol. The van der Waals surface area contributed by atoms with Crippen LogP contribution in [0.5, 0.6) is 5.75 Å². The number of hydrogen-bond acceptors (Lipinski definition) is 6. The van der Waals surface area contributed by atoms with E-state index < -0.39 is 17.7 Å². The molecule has 1 aliphatic heterocycles. The summed E-state index contributed by atoms with van der Waals surface area (Å²) in [5, 5.41) is 20.0. The molecule has 0 aliphatic carbocycles. The Morgan fingerprint density at radius 2 is 1.85 bits per heavy atom. The van der Waals surface area contributed by atoms with E-state index >= 15 is 0 Å². The summed E-state index contributed by atoms with van der Waals surface area (Å²) in [6, 6.07) is 17.3. The lowest BCUT2D eigenvalue weighted by Gasteiger charge is -2.42. The molecule has 3 aromatic carbocycles. The molecule has 7 heteroatoms. The van der Waals surface area contributed by atoms with Gasteiger partial charge in [-0.15, -0.1) is 0 Å². The quantitative estimate of drug-likeness (QED) is 0.378. The van der Waals surface area contributed by atoms with E-state index in [1.165, 1.54) is 0 Å². The van der Waals surface area contributed by atoms with Crippen LogP contribution in [-0.4, -0.2) is 27.8 Å². The fourth-order valence-corrected chi connectivity index (χ4v) is 4.55. The average Bonchev–Trinajstić information content (AvgIpc) is 3.19. The van der Waals surface area contributed by atoms with Crippen molar-refractivity contribution >= 4 is 34.2 Å². The number of fused-ring (bicyclic) bond motifs is 2. The lowest BCUT2D eigenvalue weighted by Crippen LogP contribution is -2.50. The summed E-state index contributed by atoms with van der Waals surface area (Å²) in [7, 11) is 0. The first-order chi connectivity index (χ1) is 15.7. The number of benzene rings is 3. The predicted molar refractivity (Wildman–Crippen MR) is 127 cm³/mol. The third kappa shape index (κ3) is 3.75. The molecule has 1 aromatic heterocycles. The van der Waals surface area contributed by atoms with Crippen molar-refractivity contribution in [3.63, 3.8) is 0 Å². The van der Waals surface area contributed by atoms with Gasteiger partial charge in [-0.3, -0.25) is 4.79 Å². The van der Waals surface area contributed by atoms with Crippen LogP contribution in [0.3, 0.4) is 0 Å². The number of rotatable bonds is 4. The lowest BCUT2D eigenvalue weighted by atomic mass is 9.85. The number of aliphatic hydroxyl groups excluding tert-OH is 1. The molecule has 2 heterocycles. The molecule has 0 radical (unpaired) electrons. The zero-order valence-corrected chi connectivity index (χ0v) is 19.2. The molecular weight excluding hydrogens is 440 g/mol. The van der Waals surface area contributed by atoms with Crippen molar-refractivity contribution in [3.8, 4) is 5.75 Å². The average molecular weight is 463 g/mol. The van der Waals surface area contributed by atoms with E-state index in [2.05, 4.69) is 10.5 Å². The molecular formula is C26H23ClN2O4. The van der Waals surface area contributed by atoms with Crippen LogP contribution in [0.15, 0.2) is 65.2 Å². The zero-order chi connectivity index (χ0) is 23.3. The third-order valence-electron chi connectivity index (χ3n) is 6.06. The number of anilines is 1. The summed E-state index contributed by atoms with van der Waals surface area (Å²) in [6.07, 6.45) is -0.931. The molecule has 4 aromatic rings. The van der Waals surface area contributed by atoms with E-state index in [0.29, 0.717) is 38.9 Å². The van der Waals surface area contributed by atoms with Crippen LogP contribution in [0, 0.1) is 6.92 Å². The second-order valence-electron chi connectivity index (χ2n) is 8.85. The molecule has 0 amide bonds. The highest BCUT2D eigenvalue weighted by Crippen LogP contribution is 2.43. The molecule has 2 atom stereocenters. The topological polar surface area (TPSA) is 84.6 Å². The summed E-state index contributed by atoms with van der Waals surface area (Å²) in [6.45, 7) is 5.53. The van der Waals surface area contributed by atoms with Gasteiger partial charge in [-0.2, -0.15) is 0 Å². The number of aryl methyl sites for hydroxylation is 1. The van der Waals surface area contributed by atoms with Gasteiger partial charge in [-0.05, 0) is 56.7 Å². The first kappa shape index (κ1) is 21.5. The Hall–Kier alpha value is -3.35. The molecule has 0 fully saturated rings. The Bertz CT molecular complexity index is 1360. The van der Waals surface area contributed by atoms with E-state index in [4.69, 9.17) is 20.9 Å². The molecule has 33 heavy (non-hydrogen) atoms. The molecule has 0 saturated heterocycles. The second-order valence-corrected chi connectivity index (χ2v) is 9.29. The number of nitrogens with one attached hydrogen (secondary N) is 1. The molecule has 5 rings (SSSR count). The summed E-state index contributed by atoms with van der Waals surface area (Å²) < 4.78 is 11.6. The SMILES string of the molecule is Cc1cc(Cl)cc2c(N[C@@H]3c4cc(C(=O)c5ccccc5)ccc4OC(C)(C)[C@H]3O)noc12. The molecule has 0 saturated carbocycles. The molecule has 2 N–H and O–H groups in total. The number of ketones is 1. The van der Waals surface area contributed by atoms with Gasteiger partial charge in [0.2, 0.25) is 0 Å². The van der Waals surface area contributed by atoms with Gasteiger partial charge in [0.25, 0.3) is 0 Å². The van der Waals surface area contributed by atoms with Crippen LogP contribution >= 0.6 is 11.6 Å². The standard InChI is InChI=1S/C26H23ClN2O4/c1-14-11-17(27)13-19-23(14)33-29-25(19)28-21-18-12-16(22(30)15-7-5-4-6-8-15)9-10-20(18)32-26(2,3)24(21)31/h4-13,21,24,31H,1-3H3,(H,28,29)/t21-,24+/m1/s1. The van der Waals surface area contributed by atoms with Gasteiger partial charge in [-0.25, -0.2) is 0 Å². The smallest absolute Gasteiger partial charge is 0.193 e. The maximum atomic E-state index is 13.0. The van der Waals surface area contributed by atoms with E-state index in [1.807, 2.05) is 45.0 Å². The number of carbonyl (C=O) groups is 1. The number of hydrogen-bond donors (Lipinski definition) is 2. The molecule has 6 nitrogen and oxygen atoms in total. The van der Waals surface area contributed by atoms with Gasteiger partial charge in [0.1, 0.15) is 17.5 Å². The highest BCUT2D eigenvalue weighted by molar-refractivity contribution is 6.31. The maximum absolute atomic E-state index is 13.0. The van der Waals surface area contributed by atoms with Crippen molar-refractivity contribution in [2.24, 2.45) is 0 Å². The summed E-state index contributed by atoms with van der Waals surface area (Å²) in [5.74, 6) is 0.947. The minimum Gasteiger partial charge on any atom is -0.485 e. The van der Waals surface area contributed by atoms with Gasteiger partial charge in [0.15, 0.2) is 17.2 Å². The highest BCUT2D eigenvalue weighted by Gasteiger charge is 2.43. The Balaban J connectivity index is 1.59. The van der Waals surface area contributed by atoms with E-state index in [-0.39, 0.29) is 5.78 Å². The molecule has 0 bridgehead atoms. The van der Waals surface area contributed by atoms with Crippen LogP contribution in [-0.2, 0) is 0 Å². The summed E-state index contributed by atoms with van der Waals surface area (Å²) >= 11 is 6.26. The molecule has 0 unspecified atom stereocenters. The van der Waals surface area contributed by atoms with Crippen LogP contribution < -0.4 is 10.1 Å². The second kappa shape index (κ2) is 7.90. The fraction of sp³-hybridized carbons (Fsp3) is 0.231. The van der Waals surface area contributed by atoms with Crippen molar-refractivity contribution in [3.05, 3.63) is 87.9 Å². The maximum Gasteiger partial charge on any atom is 0.193 e. The van der Waals surface area contributed by atoms with Crippen LogP contribution in [0.4, 0.5) is 5.82 Å². The fourth-order valence-electron chi connectivity index (χ4n) is 4.27. The highest BCUT2D eigenvalue weighted by atomic mass is 35.5. The van der Waals surface area contributed by atoms with Gasteiger partial charge in [-0.1, -0.05) is 47.1 Å². The van der Waals surface area contributed by atoms with E-state index in [9.17, 15) is 9.90 Å². The van der Waals surface area contributed by atoms with E-state index in [0.717, 1.165) is 10.9 Å². The van der Waals surface area contributed by atoms with Crippen LogP contribution in [0.1, 0.15) is 46.9 Å². The summed E-state index contributed by atoms with van der Waals surface area (Å²) in [4.78, 5) is 13.0. The van der Waals surface area contributed by atoms with E-state index in [1.54, 1.807) is 36.4 Å². The van der Waals surface area contributed by atoms with Gasteiger partial charge in [0, 0.05) is 21.7 Å². The number of halogens is 1. The first-order valence-electron chi connectivity index (χ1n) is 10.7. The third-order valence-corrected chi connectivity index (χ3v) is 6.28. The Kier molecular flexibility index (Phi) is 5.15. The van der Waals surface area contributed by atoms with Crippen molar-refractivity contribution in [2.75, 3.05) is 5.32 Å². The van der Waals surface area contributed by atoms with Crippen molar-refractivity contribution < 1.29 is 19.2 Å². The molecule has 168 valence electrons. The Morgan fingerprint density at radius 1 is 1.09 bits per heavy atom. The van der Waals surface area contributed by atoms with Gasteiger partial charge in [0.05, 0.1) is 11.4 Å². The molecule has 1 aliphatic rings. The zero-order valence-electron chi connectivity index (χ0n) is 18.4. The number of nitrogens with zero attached hydrogens (tertiary/aromatic N) is 1. The van der Waals surface area contributed by atoms with Crippen molar-refractivity contribution in [1.82, 2.24) is 5.16 Å². The minimum atomic E-state index is -0.931. The number of ether oxygens (including phenoxy) is 1. The Morgan fingerprint density at radius 3 is 2.61 bits per heavy atom. The molecule has 0 spiro atoms. The largest absolute Gasteiger partial charge is 0.485 e. The number of aromatic nitrogens is 1. The normalized spacial score (nSPS) is 19.1. The minimum absolute atomic E-state index is 0.106.